The van der Waals surface area contributed by atoms with E-state index in [9.17, 15) is 4.79 Å². The van der Waals surface area contributed by atoms with Gasteiger partial charge < -0.3 is 4.90 Å². The van der Waals surface area contributed by atoms with E-state index in [0.29, 0.717) is 22.5 Å². The fourth-order valence-corrected chi connectivity index (χ4v) is 3.75. The third kappa shape index (κ3) is 2.38. The van der Waals surface area contributed by atoms with Crippen LogP contribution in [0.1, 0.15) is 62.9 Å². The molecule has 0 saturated heterocycles. The number of rotatable bonds is 2. The summed E-state index contributed by atoms with van der Waals surface area (Å²) in [5.74, 6) is 0.441. The number of nitrogens with zero attached hydrogens (tertiary/aromatic N) is 1. The Bertz CT molecular complexity index is 508. The smallest absolute Gasteiger partial charge is 0.151 e. The first kappa shape index (κ1) is 14.4. The van der Waals surface area contributed by atoms with Crippen molar-refractivity contribution in [3.63, 3.8) is 0 Å². The fourth-order valence-electron chi connectivity index (χ4n) is 3.55. The van der Waals surface area contributed by atoms with Gasteiger partial charge in [0, 0.05) is 22.8 Å². The van der Waals surface area contributed by atoms with Crippen molar-refractivity contribution >= 4 is 23.6 Å². The van der Waals surface area contributed by atoms with Crippen molar-refractivity contribution < 1.29 is 4.79 Å². The normalized spacial score (nSPS) is 21.4. The van der Waals surface area contributed by atoms with Crippen molar-refractivity contribution in [2.24, 2.45) is 0 Å². The van der Waals surface area contributed by atoms with Gasteiger partial charge in [-0.15, -0.1) is 0 Å². The van der Waals surface area contributed by atoms with E-state index >= 15 is 0 Å². The largest absolute Gasteiger partial charge is 0.364 e. The van der Waals surface area contributed by atoms with E-state index in [1.54, 1.807) is 0 Å². The lowest BCUT2D eigenvalue weighted by Crippen LogP contribution is -2.51. The second kappa shape index (κ2) is 4.82. The van der Waals surface area contributed by atoms with E-state index in [-0.39, 0.29) is 5.54 Å². The minimum absolute atomic E-state index is 0.104. The molecule has 1 aliphatic heterocycles. The van der Waals surface area contributed by atoms with Crippen molar-refractivity contribution in [2.45, 2.75) is 58.5 Å². The number of anilines is 1. The first-order valence-corrected chi connectivity index (χ1v) is 7.23. The highest BCUT2D eigenvalue weighted by atomic mass is 35.5. The maximum Gasteiger partial charge on any atom is 0.151 e. The van der Waals surface area contributed by atoms with Crippen molar-refractivity contribution in [3.05, 3.63) is 28.3 Å². The molecule has 0 aromatic heterocycles. The Balaban J connectivity index is 2.65. The van der Waals surface area contributed by atoms with Crippen molar-refractivity contribution in [2.75, 3.05) is 4.90 Å². The van der Waals surface area contributed by atoms with Crippen LogP contribution in [0.25, 0.3) is 0 Å². The highest BCUT2D eigenvalue weighted by Gasteiger charge is 2.38. The van der Waals surface area contributed by atoms with Crippen molar-refractivity contribution in [3.8, 4) is 0 Å². The molecular formula is C16H22ClNO. The van der Waals surface area contributed by atoms with Crippen LogP contribution in [0.4, 0.5) is 5.69 Å². The van der Waals surface area contributed by atoms with Gasteiger partial charge in [-0.3, -0.25) is 4.79 Å². The van der Waals surface area contributed by atoms with Crippen molar-refractivity contribution in [1.82, 2.24) is 0 Å². The van der Waals surface area contributed by atoms with Crippen LogP contribution in [-0.2, 0) is 0 Å². The van der Waals surface area contributed by atoms with Gasteiger partial charge in [0.25, 0.3) is 0 Å². The number of halogens is 1. The van der Waals surface area contributed by atoms with Crippen LogP contribution >= 0.6 is 11.6 Å². The standard InChI is InChI=1S/C16H22ClNO/c1-10(2)18-15-7-14(17)12(9-19)6-13(15)11(3)8-16(18,4)5/h6-7,9-11H,8H2,1-5H3/t11-/m0/s1. The summed E-state index contributed by atoms with van der Waals surface area (Å²) in [6.07, 6.45) is 1.92. The number of hydrogen-bond donors (Lipinski definition) is 0. The molecule has 0 amide bonds. The Morgan fingerprint density at radius 3 is 2.58 bits per heavy atom. The summed E-state index contributed by atoms with van der Waals surface area (Å²) in [6.45, 7) is 11.2. The van der Waals surface area contributed by atoms with Crippen LogP contribution in [0.5, 0.6) is 0 Å². The predicted molar refractivity (Wildman–Crippen MR) is 81.6 cm³/mol. The highest BCUT2D eigenvalue weighted by Crippen LogP contribution is 2.45. The molecule has 1 heterocycles. The van der Waals surface area contributed by atoms with E-state index in [0.717, 1.165) is 12.7 Å². The summed E-state index contributed by atoms with van der Waals surface area (Å²) < 4.78 is 0. The summed E-state index contributed by atoms with van der Waals surface area (Å²) in [7, 11) is 0. The maximum absolute atomic E-state index is 11.1. The van der Waals surface area contributed by atoms with Gasteiger partial charge in [-0.05, 0) is 57.7 Å². The molecule has 0 saturated carbocycles. The Morgan fingerprint density at radius 2 is 2.05 bits per heavy atom. The molecule has 1 atom stereocenters. The Morgan fingerprint density at radius 1 is 1.42 bits per heavy atom. The molecule has 0 bridgehead atoms. The first-order valence-electron chi connectivity index (χ1n) is 6.86. The maximum atomic E-state index is 11.1. The van der Waals surface area contributed by atoms with Crippen LogP contribution in [0, 0.1) is 0 Å². The third-order valence-electron chi connectivity index (χ3n) is 4.04. The molecule has 2 nitrogen and oxygen atoms in total. The van der Waals surface area contributed by atoms with Gasteiger partial charge in [0.05, 0.1) is 5.02 Å². The first-order chi connectivity index (χ1) is 8.77. The Labute approximate surface area is 120 Å². The summed E-state index contributed by atoms with van der Waals surface area (Å²) in [4.78, 5) is 13.5. The van der Waals surface area contributed by atoms with Gasteiger partial charge in [-0.2, -0.15) is 0 Å². The summed E-state index contributed by atoms with van der Waals surface area (Å²) in [6, 6.07) is 4.32. The summed E-state index contributed by atoms with van der Waals surface area (Å²) >= 11 is 6.21. The number of carbonyl (C=O) groups excluding carboxylic acids is 1. The quantitative estimate of drug-likeness (QED) is 0.734. The topological polar surface area (TPSA) is 20.3 Å². The molecule has 1 aromatic rings. The molecular weight excluding hydrogens is 258 g/mol. The molecule has 104 valence electrons. The van der Waals surface area contributed by atoms with Crippen molar-refractivity contribution in [1.29, 1.82) is 0 Å². The molecule has 0 unspecified atom stereocenters. The molecule has 1 aromatic carbocycles. The van der Waals surface area contributed by atoms with Crippen LogP contribution in [0.2, 0.25) is 5.02 Å². The third-order valence-corrected chi connectivity index (χ3v) is 4.37. The SMILES string of the molecule is CC(C)N1c2cc(Cl)c(C=O)cc2[C@@H](C)CC1(C)C. The lowest BCUT2D eigenvalue weighted by atomic mass is 9.79. The molecule has 1 aliphatic rings. The Kier molecular flexibility index (Phi) is 3.65. The minimum Gasteiger partial charge on any atom is -0.364 e. The molecule has 0 fully saturated rings. The predicted octanol–water partition coefficient (Wildman–Crippen LogP) is 4.65. The van der Waals surface area contributed by atoms with E-state index in [1.807, 2.05) is 12.1 Å². The number of hydrogen-bond acceptors (Lipinski definition) is 2. The van der Waals surface area contributed by atoms with Gasteiger partial charge in [-0.25, -0.2) is 0 Å². The van der Waals surface area contributed by atoms with Crippen LogP contribution in [-0.4, -0.2) is 17.9 Å². The van der Waals surface area contributed by atoms with Gasteiger partial charge in [0.2, 0.25) is 0 Å². The molecule has 0 radical (unpaired) electrons. The lowest BCUT2D eigenvalue weighted by Gasteiger charge is -2.50. The second-order valence-electron chi connectivity index (χ2n) is 6.43. The number of carbonyl (C=O) groups is 1. The number of aldehydes is 1. The molecule has 0 aliphatic carbocycles. The molecule has 19 heavy (non-hydrogen) atoms. The number of benzene rings is 1. The fraction of sp³-hybridized carbons (Fsp3) is 0.562. The average Bonchev–Trinajstić information content (AvgIpc) is 2.26. The molecule has 2 rings (SSSR count). The molecule has 3 heteroatoms. The molecule has 0 N–H and O–H groups in total. The Hall–Kier alpha value is -1.02. The number of fused-ring (bicyclic) bond motifs is 1. The van der Waals surface area contributed by atoms with Crippen LogP contribution in [0.15, 0.2) is 12.1 Å². The van der Waals surface area contributed by atoms with Gasteiger partial charge >= 0.3 is 0 Å². The molecule has 0 spiro atoms. The van der Waals surface area contributed by atoms with Gasteiger partial charge in [0.1, 0.15) is 0 Å². The monoisotopic (exact) mass is 279 g/mol. The highest BCUT2D eigenvalue weighted by molar-refractivity contribution is 6.33. The van der Waals surface area contributed by atoms with Crippen LogP contribution < -0.4 is 4.90 Å². The van der Waals surface area contributed by atoms with E-state index < -0.39 is 0 Å². The van der Waals surface area contributed by atoms with Gasteiger partial charge in [0.15, 0.2) is 6.29 Å². The second-order valence-corrected chi connectivity index (χ2v) is 6.84. The lowest BCUT2D eigenvalue weighted by molar-refractivity contribution is 0.112. The summed E-state index contributed by atoms with van der Waals surface area (Å²) in [5.41, 5.74) is 3.11. The minimum atomic E-state index is 0.104. The zero-order valence-electron chi connectivity index (χ0n) is 12.3. The van der Waals surface area contributed by atoms with Gasteiger partial charge in [-0.1, -0.05) is 18.5 Å². The van der Waals surface area contributed by atoms with E-state index in [4.69, 9.17) is 11.6 Å². The zero-order chi connectivity index (χ0) is 14.4. The van der Waals surface area contributed by atoms with E-state index in [1.165, 1.54) is 11.3 Å². The average molecular weight is 280 g/mol. The zero-order valence-corrected chi connectivity index (χ0v) is 13.1. The van der Waals surface area contributed by atoms with Crippen LogP contribution in [0.3, 0.4) is 0 Å². The van der Waals surface area contributed by atoms with E-state index in [2.05, 4.69) is 39.5 Å². The summed E-state index contributed by atoms with van der Waals surface area (Å²) in [5, 5.41) is 0.546.